The van der Waals surface area contributed by atoms with Crippen LogP contribution in [0.15, 0.2) is 42.5 Å². The molecule has 30 heavy (non-hydrogen) atoms. The minimum atomic E-state index is -0.540. The minimum absolute atomic E-state index is 0.00631. The van der Waals surface area contributed by atoms with Gasteiger partial charge in [0.05, 0.1) is 18.7 Å². The molecule has 1 saturated heterocycles. The lowest BCUT2D eigenvalue weighted by molar-refractivity contribution is -0.143. The van der Waals surface area contributed by atoms with Crippen molar-refractivity contribution in [2.75, 3.05) is 37.4 Å². The number of benzene rings is 2. The van der Waals surface area contributed by atoms with Gasteiger partial charge in [-0.15, -0.1) is 0 Å². The van der Waals surface area contributed by atoms with Gasteiger partial charge in [-0.05, 0) is 30.3 Å². The second-order valence-electron chi connectivity index (χ2n) is 6.80. The Bertz CT molecular complexity index is 959. The molecule has 2 aromatic carbocycles. The topological polar surface area (TPSA) is 97.0 Å². The van der Waals surface area contributed by atoms with E-state index in [0.29, 0.717) is 17.1 Å². The molecule has 1 aliphatic rings. The second-order valence-corrected chi connectivity index (χ2v) is 6.80. The largest absolute Gasteiger partial charge is 0.495 e. The lowest BCUT2D eigenvalue weighted by Gasteiger charge is -2.38. The van der Waals surface area contributed by atoms with E-state index >= 15 is 0 Å². The van der Waals surface area contributed by atoms with E-state index in [1.807, 2.05) is 0 Å². The molecule has 158 valence electrons. The first kappa shape index (κ1) is 21.1. The molecule has 2 N–H and O–H groups in total. The summed E-state index contributed by atoms with van der Waals surface area (Å²) in [5, 5.41) is 5.41. The fourth-order valence-corrected chi connectivity index (χ4v) is 2.96. The summed E-state index contributed by atoms with van der Waals surface area (Å²) < 4.78 is 24.0. The molecule has 1 heterocycles. The van der Waals surface area contributed by atoms with Crippen molar-refractivity contribution >= 4 is 29.1 Å². The molecule has 0 radical (unpaired) electrons. The number of carbonyl (C=O) groups is 3. The van der Waals surface area contributed by atoms with Crippen molar-refractivity contribution in [1.82, 2.24) is 4.90 Å². The molecule has 8 nitrogen and oxygen atoms in total. The molecule has 1 fully saturated rings. The number of para-hydroxylation sites is 1. The predicted octanol–water partition coefficient (Wildman–Crippen LogP) is 2.27. The Kier molecular flexibility index (Phi) is 6.51. The fraction of sp³-hybridized carbons (Fsp3) is 0.286. The molecule has 0 bridgehead atoms. The molecule has 0 atom stereocenters. The SMILES string of the molecule is COc1ccc(NC(C)=O)cc1NC(=O)C1CN(C(=O)COc2ccccc2F)C1. The van der Waals surface area contributed by atoms with Crippen LogP contribution in [-0.2, 0) is 14.4 Å². The van der Waals surface area contributed by atoms with Gasteiger partial charge in [-0.3, -0.25) is 14.4 Å². The van der Waals surface area contributed by atoms with E-state index in [4.69, 9.17) is 9.47 Å². The van der Waals surface area contributed by atoms with Crippen molar-refractivity contribution in [3.05, 3.63) is 48.3 Å². The van der Waals surface area contributed by atoms with Gasteiger partial charge >= 0.3 is 0 Å². The van der Waals surface area contributed by atoms with Crippen molar-refractivity contribution in [2.45, 2.75) is 6.92 Å². The molecule has 3 amide bonds. The highest BCUT2D eigenvalue weighted by Gasteiger charge is 2.36. The monoisotopic (exact) mass is 415 g/mol. The summed E-state index contributed by atoms with van der Waals surface area (Å²) in [6.07, 6.45) is 0. The van der Waals surface area contributed by atoms with E-state index in [1.165, 1.54) is 37.1 Å². The molecule has 0 aromatic heterocycles. The summed E-state index contributed by atoms with van der Waals surface area (Å²) >= 11 is 0. The van der Waals surface area contributed by atoms with E-state index in [1.54, 1.807) is 24.3 Å². The average molecular weight is 415 g/mol. The number of halogens is 1. The zero-order valence-electron chi connectivity index (χ0n) is 16.6. The lowest BCUT2D eigenvalue weighted by atomic mass is 9.99. The summed E-state index contributed by atoms with van der Waals surface area (Å²) in [5.41, 5.74) is 0.940. The van der Waals surface area contributed by atoms with Gasteiger partial charge < -0.3 is 25.0 Å². The van der Waals surface area contributed by atoms with Gasteiger partial charge in [0.2, 0.25) is 11.8 Å². The Labute approximate surface area is 173 Å². The molecule has 9 heteroatoms. The van der Waals surface area contributed by atoms with Crippen molar-refractivity contribution in [3.8, 4) is 11.5 Å². The van der Waals surface area contributed by atoms with E-state index in [9.17, 15) is 18.8 Å². The molecule has 3 rings (SSSR count). The fourth-order valence-electron chi connectivity index (χ4n) is 2.96. The van der Waals surface area contributed by atoms with Crippen LogP contribution in [0.1, 0.15) is 6.92 Å². The smallest absolute Gasteiger partial charge is 0.260 e. The summed E-state index contributed by atoms with van der Waals surface area (Å²) in [7, 11) is 1.47. The van der Waals surface area contributed by atoms with Crippen molar-refractivity contribution < 1.29 is 28.2 Å². The van der Waals surface area contributed by atoms with Gasteiger partial charge in [0.15, 0.2) is 18.2 Å². The van der Waals surface area contributed by atoms with Crippen molar-refractivity contribution in [3.63, 3.8) is 0 Å². The Morgan fingerprint density at radius 2 is 1.83 bits per heavy atom. The predicted molar refractivity (Wildman–Crippen MR) is 108 cm³/mol. The number of ether oxygens (including phenoxy) is 2. The van der Waals surface area contributed by atoms with Gasteiger partial charge in [-0.1, -0.05) is 12.1 Å². The minimum Gasteiger partial charge on any atom is -0.495 e. The quantitative estimate of drug-likeness (QED) is 0.723. The van der Waals surface area contributed by atoms with E-state index in [0.717, 1.165) is 0 Å². The van der Waals surface area contributed by atoms with Crippen molar-refractivity contribution in [1.29, 1.82) is 0 Å². The first-order valence-corrected chi connectivity index (χ1v) is 9.29. The maximum atomic E-state index is 13.5. The van der Waals surface area contributed by atoms with Crippen LogP contribution in [-0.4, -0.2) is 49.4 Å². The first-order chi connectivity index (χ1) is 14.4. The number of rotatable bonds is 7. The number of nitrogens with one attached hydrogen (secondary N) is 2. The number of likely N-dealkylation sites (tertiary alicyclic amines) is 1. The van der Waals surface area contributed by atoms with Crippen LogP contribution in [0.2, 0.25) is 0 Å². The third kappa shape index (κ3) is 5.05. The van der Waals surface area contributed by atoms with Gasteiger partial charge in [-0.2, -0.15) is 0 Å². The normalized spacial score (nSPS) is 13.2. The molecule has 2 aromatic rings. The summed E-state index contributed by atoms with van der Waals surface area (Å²) in [5.74, 6) is -1.31. The maximum Gasteiger partial charge on any atom is 0.260 e. The average Bonchev–Trinajstić information content (AvgIpc) is 2.66. The zero-order chi connectivity index (χ0) is 21.7. The van der Waals surface area contributed by atoms with Crippen LogP contribution < -0.4 is 20.1 Å². The van der Waals surface area contributed by atoms with Crippen LogP contribution in [0.3, 0.4) is 0 Å². The zero-order valence-corrected chi connectivity index (χ0v) is 16.6. The number of amides is 3. The van der Waals surface area contributed by atoms with E-state index in [2.05, 4.69) is 10.6 Å². The summed E-state index contributed by atoms with van der Waals surface area (Å²) in [6, 6.07) is 10.7. The molecule has 0 aliphatic carbocycles. The van der Waals surface area contributed by atoms with Gasteiger partial charge in [0.1, 0.15) is 5.75 Å². The number of nitrogens with zero attached hydrogens (tertiary/aromatic N) is 1. The highest BCUT2D eigenvalue weighted by atomic mass is 19.1. The Hall–Kier alpha value is -3.62. The van der Waals surface area contributed by atoms with Gasteiger partial charge in [-0.25, -0.2) is 4.39 Å². The number of carbonyl (C=O) groups excluding carboxylic acids is 3. The molecule has 1 aliphatic heterocycles. The van der Waals surface area contributed by atoms with Gasteiger partial charge in [0, 0.05) is 25.7 Å². The second kappa shape index (κ2) is 9.25. The third-order valence-electron chi connectivity index (χ3n) is 4.57. The van der Waals surface area contributed by atoms with E-state index < -0.39 is 11.7 Å². The molecular weight excluding hydrogens is 393 g/mol. The molecular formula is C21H22FN3O5. The maximum absolute atomic E-state index is 13.5. The lowest BCUT2D eigenvalue weighted by Crippen LogP contribution is -2.55. The molecule has 0 unspecified atom stereocenters. The number of methoxy groups -OCH3 is 1. The highest BCUT2D eigenvalue weighted by molar-refractivity contribution is 5.97. The van der Waals surface area contributed by atoms with Gasteiger partial charge in [0.25, 0.3) is 5.91 Å². The summed E-state index contributed by atoms with van der Waals surface area (Å²) in [4.78, 5) is 37.4. The number of hydrogen-bond donors (Lipinski definition) is 2. The number of hydrogen-bond acceptors (Lipinski definition) is 5. The highest BCUT2D eigenvalue weighted by Crippen LogP contribution is 2.29. The van der Waals surface area contributed by atoms with Crippen LogP contribution in [0, 0.1) is 11.7 Å². The van der Waals surface area contributed by atoms with Crippen LogP contribution in [0.5, 0.6) is 11.5 Å². The van der Waals surface area contributed by atoms with Crippen LogP contribution in [0.25, 0.3) is 0 Å². The Morgan fingerprint density at radius 3 is 2.50 bits per heavy atom. The number of anilines is 2. The molecule has 0 saturated carbocycles. The standard InChI is InChI=1S/C21H22FN3O5/c1-13(26)23-15-7-8-19(29-2)17(9-15)24-21(28)14-10-25(11-14)20(27)12-30-18-6-4-3-5-16(18)22/h3-9,14H,10-12H2,1-2H3,(H,23,26)(H,24,28). The van der Waals surface area contributed by atoms with Crippen LogP contribution >= 0.6 is 0 Å². The van der Waals surface area contributed by atoms with E-state index in [-0.39, 0.29) is 43.2 Å². The third-order valence-corrected chi connectivity index (χ3v) is 4.57. The molecule has 0 spiro atoms. The Balaban J connectivity index is 1.52. The summed E-state index contributed by atoms with van der Waals surface area (Å²) in [6.45, 7) is 1.55. The Morgan fingerprint density at radius 1 is 1.10 bits per heavy atom. The van der Waals surface area contributed by atoms with Crippen LogP contribution in [0.4, 0.5) is 15.8 Å². The van der Waals surface area contributed by atoms with Crippen molar-refractivity contribution in [2.24, 2.45) is 5.92 Å². The first-order valence-electron chi connectivity index (χ1n) is 9.29.